The number of sulfonamides is 1. The fraction of sp³-hybridized carbons (Fsp3) is 0.267. The van der Waals surface area contributed by atoms with Crippen molar-refractivity contribution in [2.45, 2.75) is 25.8 Å². The number of aromatic nitrogens is 1. The van der Waals surface area contributed by atoms with E-state index in [9.17, 15) is 8.42 Å². The van der Waals surface area contributed by atoms with Crippen LogP contribution in [0, 0.1) is 0 Å². The lowest BCUT2D eigenvalue weighted by atomic mass is 10.0. The normalized spacial score (nSPS) is 17.0. The third-order valence-corrected chi connectivity index (χ3v) is 4.64. The highest BCUT2D eigenvalue weighted by Crippen LogP contribution is 2.14. The second kappa shape index (κ2) is 7.15. The zero-order valence-electron chi connectivity index (χ0n) is 11.7. The molecule has 21 heavy (non-hydrogen) atoms. The van der Waals surface area contributed by atoms with E-state index in [-0.39, 0.29) is 6.04 Å². The van der Waals surface area contributed by atoms with Crippen LogP contribution in [0.25, 0.3) is 6.08 Å². The molecule has 1 aromatic heterocycles. The molecule has 0 aliphatic heterocycles. The monoisotopic (exact) mass is 368 g/mol. The molecule has 0 aromatic carbocycles. The summed E-state index contributed by atoms with van der Waals surface area (Å²) in [5, 5.41) is 1.14. The van der Waals surface area contributed by atoms with Crippen LogP contribution in [-0.4, -0.2) is 19.4 Å². The van der Waals surface area contributed by atoms with Gasteiger partial charge >= 0.3 is 0 Å². The zero-order valence-corrected chi connectivity index (χ0v) is 14.1. The van der Waals surface area contributed by atoms with Gasteiger partial charge in [-0.2, -0.15) is 0 Å². The summed E-state index contributed by atoms with van der Waals surface area (Å²) < 4.78 is 27.4. The third kappa shape index (κ3) is 5.22. The van der Waals surface area contributed by atoms with Crippen LogP contribution in [0.2, 0.25) is 0 Å². The SMILES string of the molecule is C[C@@H](NS(=O)(=O)/C=C/c1cccc(Br)n1)C1=CCCC=C1. The molecule has 1 aliphatic carbocycles. The standard InChI is InChI=1S/C15H17BrN2O2S/c1-12(13-6-3-2-4-7-13)18-21(19,20)11-10-14-8-5-9-15(16)17-14/h3,5-12,18H,2,4H2,1H3/b11-10+/t12-/m1/s1. The first-order chi connectivity index (χ1) is 9.96. The molecule has 0 saturated heterocycles. The Hall–Kier alpha value is -1.24. The Bertz CT molecular complexity index is 693. The number of halogens is 1. The predicted molar refractivity (Wildman–Crippen MR) is 88.9 cm³/mol. The zero-order chi connectivity index (χ0) is 15.3. The van der Waals surface area contributed by atoms with Crippen LogP contribution in [-0.2, 0) is 10.0 Å². The molecular formula is C15H17BrN2O2S. The highest BCUT2D eigenvalue weighted by molar-refractivity contribution is 9.10. The van der Waals surface area contributed by atoms with Crippen LogP contribution < -0.4 is 4.72 Å². The summed E-state index contributed by atoms with van der Waals surface area (Å²) in [5.41, 5.74) is 1.58. The number of nitrogens with zero attached hydrogens (tertiary/aromatic N) is 1. The number of hydrogen-bond acceptors (Lipinski definition) is 3. The van der Waals surface area contributed by atoms with Crippen molar-refractivity contribution in [2.24, 2.45) is 0 Å². The molecule has 2 rings (SSSR count). The third-order valence-electron chi connectivity index (χ3n) is 3.02. The van der Waals surface area contributed by atoms with E-state index in [1.165, 1.54) is 6.08 Å². The lowest BCUT2D eigenvalue weighted by Crippen LogP contribution is -2.32. The second-order valence-corrected chi connectivity index (χ2v) is 7.17. The first kappa shape index (κ1) is 16.1. The Morgan fingerprint density at radius 2 is 2.19 bits per heavy atom. The molecule has 1 atom stereocenters. The largest absolute Gasteiger partial charge is 0.242 e. The summed E-state index contributed by atoms with van der Waals surface area (Å²) >= 11 is 3.25. The van der Waals surface area contributed by atoms with E-state index in [1.807, 2.05) is 13.0 Å². The topological polar surface area (TPSA) is 59.1 Å². The molecule has 112 valence electrons. The molecule has 0 spiro atoms. The average Bonchev–Trinajstić information content (AvgIpc) is 2.46. The summed E-state index contributed by atoms with van der Waals surface area (Å²) in [6, 6.07) is 5.09. The minimum absolute atomic E-state index is 0.244. The van der Waals surface area contributed by atoms with Gasteiger partial charge in [0.1, 0.15) is 4.60 Å². The summed E-state index contributed by atoms with van der Waals surface area (Å²) in [7, 11) is -3.50. The average molecular weight is 369 g/mol. The summed E-state index contributed by atoms with van der Waals surface area (Å²) in [4.78, 5) is 4.16. The Morgan fingerprint density at radius 1 is 1.38 bits per heavy atom. The van der Waals surface area contributed by atoms with Gasteiger partial charge in [0.2, 0.25) is 10.0 Å². The highest BCUT2D eigenvalue weighted by Gasteiger charge is 2.14. The van der Waals surface area contributed by atoms with Gasteiger partial charge in [-0.1, -0.05) is 24.3 Å². The summed E-state index contributed by atoms with van der Waals surface area (Å²) in [6.07, 6.45) is 9.53. The number of allylic oxidation sites excluding steroid dienone is 2. The maximum atomic E-state index is 12.1. The lowest BCUT2D eigenvalue weighted by Gasteiger charge is -2.16. The van der Waals surface area contributed by atoms with Crippen molar-refractivity contribution < 1.29 is 8.42 Å². The number of nitrogens with one attached hydrogen (secondary N) is 1. The van der Waals surface area contributed by atoms with Crippen LogP contribution >= 0.6 is 15.9 Å². The molecule has 0 unspecified atom stereocenters. The van der Waals surface area contributed by atoms with Gasteiger partial charge in [0.05, 0.1) is 5.69 Å². The fourth-order valence-corrected chi connectivity index (χ4v) is 3.37. The van der Waals surface area contributed by atoms with Crippen molar-refractivity contribution in [1.29, 1.82) is 0 Å². The van der Waals surface area contributed by atoms with Crippen molar-refractivity contribution in [3.05, 3.63) is 57.7 Å². The molecule has 1 aliphatic rings. The van der Waals surface area contributed by atoms with Crippen LogP contribution in [0.4, 0.5) is 0 Å². The smallest absolute Gasteiger partial charge is 0.234 e. The molecule has 1 N–H and O–H groups in total. The van der Waals surface area contributed by atoms with Gasteiger partial charge in [0.25, 0.3) is 0 Å². The van der Waals surface area contributed by atoms with E-state index in [0.717, 1.165) is 23.8 Å². The minimum atomic E-state index is -3.50. The highest BCUT2D eigenvalue weighted by atomic mass is 79.9. The molecule has 1 heterocycles. The molecule has 0 saturated carbocycles. The van der Waals surface area contributed by atoms with Crippen LogP contribution in [0.3, 0.4) is 0 Å². The fourth-order valence-electron chi connectivity index (χ4n) is 1.98. The first-order valence-corrected chi connectivity index (χ1v) is 9.00. The maximum absolute atomic E-state index is 12.1. The first-order valence-electron chi connectivity index (χ1n) is 6.66. The van der Waals surface area contributed by atoms with Crippen LogP contribution in [0.5, 0.6) is 0 Å². The van der Waals surface area contributed by atoms with E-state index < -0.39 is 10.0 Å². The maximum Gasteiger partial charge on any atom is 0.234 e. The van der Waals surface area contributed by atoms with Gasteiger partial charge in [-0.3, -0.25) is 0 Å². The molecule has 0 radical (unpaired) electrons. The molecule has 1 aromatic rings. The summed E-state index contributed by atoms with van der Waals surface area (Å²) in [6.45, 7) is 1.84. The van der Waals surface area contributed by atoms with Gasteiger partial charge in [0, 0.05) is 11.4 Å². The molecule has 0 fully saturated rings. The molecule has 0 bridgehead atoms. The Kier molecular flexibility index (Phi) is 5.50. The molecule has 6 heteroatoms. The van der Waals surface area contributed by atoms with E-state index in [1.54, 1.807) is 18.2 Å². The van der Waals surface area contributed by atoms with E-state index in [0.29, 0.717) is 10.3 Å². The Labute approximate surface area is 133 Å². The van der Waals surface area contributed by atoms with Crippen LogP contribution in [0.1, 0.15) is 25.5 Å². The molecule has 4 nitrogen and oxygen atoms in total. The second-order valence-electron chi connectivity index (χ2n) is 4.76. The van der Waals surface area contributed by atoms with E-state index >= 15 is 0 Å². The van der Waals surface area contributed by atoms with Gasteiger partial charge in [-0.25, -0.2) is 18.1 Å². The van der Waals surface area contributed by atoms with Gasteiger partial charge in [-0.15, -0.1) is 0 Å². The van der Waals surface area contributed by atoms with E-state index in [2.05, 4.69) is 37.8 Å². The Morgan fingerprint density at radius 3 is 2.86 bits per heavy atom. The number of pyridine rings is 1. The van der Waals surface area contributed by atoms with E-state index in [4.69, 9.17) is 0 Å². The number of hydrogen-bond donors (Lipinski definition) is 1. The summed E-state index contributed by atoms with van der Waals surface area (Å²) in [5.74, 6) is 0. The van der Waals surface area contributed by atoms with Crippen molar-refractivity contribution in [1.82, 2.24) is 9.71 Å². The number of rotatable bonds is 5. The minimum Gasteiger partial charge on any atom is -0.242 e. The van der Waals surface area contributed by atoms with Crippen molar-refractivity contribution in [2.75, 3.05) is 0 Å². The predicted octanol–water partition coefficient (Wildman–Crippen LogP) is 3.40. The van der Waals surface area contributed by atoms with Crippen LogP contribution in [0.15, 0.2) is 52.0 Å². The lowest BCUT2D eigenvalue weighted by molar-refractivity contribution is 0.583. The quantitative estimate of drug-likeness (QED) is 0.810. The Balaban J connectivity index is 2.05. The van der Waals surface area contributed by atoms with Gasteiger partial charge in [-0.05, 0) is 59.5 Å². The van der Waals surface area contributed by atoms with Gasteiger partial charge in [0.15, 0.2) is 0 Å². The van der Waals surface area contributed by atoms with Crippen molar-refractivity contribution >= 4 is 32.0 Å². The molecular weight excluding hydrogens is 352 g/mol. The molecule has 0 amide bonds. The van der Waals surface area contributed by atoms with Crippen molar-refractivity contribution in [3.8, 4) is 0 Å². The van der Waals surface area contributed by atoms with Gasteiger partial charge < -0.3 is 0 Å². The van der Waals surface area contributed by atoms with Crippen molar-refractivity contribution in [3.63, 3.8) is 0 Å².